The van der Waals surface area contributed by atoms with Gasteiger partial charge in [-0.2, -0.15) is 0 Å². The van der Waals surface area contributed by atoms with Crippen molar-refractivity contribution in [1.82, 2.24) is 0 Å². The van der Waals surface area contributed by atoms with Crippen molar-refractivity contribution in [3.8, 4) is 0 Å². The molecule has 1 aliphatic rings. The van der Waals surface area contributed by atoms with Gasteiger partial charge >= 0.3 is 0 Å². The summed E-state index contributed by atoms with van der Waals surface area (Å²) in [6.45, 7) is 2.26. The molecule has 2 N–H and O–H groups in total. The molecule has 1 rings (SSSR count). The van der Waals surface area contributed by atoms with E-state index in [1.54, 1.807) is 0 Å². The SMILES string of the molecule is CCCCCCCCC1(N)CC1. The first-order chi connectivity index (χ1) is 5.77. The van der Waals surface area contributed by atoms with E-state index in [1.165, 1.54) is 57.8 Å². The Hall–Kier alpha value is -0.0400. The van der Waals surface area contributed by atoms with Crippen molar-refractivity contribution < 1.29 is 0 Å². The lowest BCUT2D eigenvalue weighted by molar-refractivity contribution is 0.527. The normalized spacial score (nSPS) is 19.5. The fourth-order valence-electron chi connectivity index (χ4n) is 1.67. The Labute approximate surface area is 76.7 Å². The lowest BCUT2D eigenvalue weighted by atomic mass is 10.1. The van der Waals surface area contributed by atoms with Gasteiger partial charge in [-0.05, 0) is 19.3 Å². The van der Waals surface area contributed by atoms with Crippen LogP contribution in [0.5, 0.6) is 0 Å². The molecule has 1 fully saturated rings. The molecule has 12 heavy (non-hydrogen) atoms. The maximum absolute atomic E-state index is 5.99. The molecule has 0 heterocycles. The maximum Gasteiger partial charge on any atom is 0.0155 e. The quantitative estimate of drug-likeness (QED) is 0.582. The highest BCUT2D eigenvalue weighted by atomic mass is 14.8. The summed E-state index contributed by atoms with van der Waals surface area (Å²) in [5.74, 6) is 0. The third-order valence-electron chi connectivity index (χ3n) is 2.92. The molecule has 0 aromatic carbocycles. The summed E-state index contributed by atoms with van der Waals surface area (Å²) in [5.41, 5.74) is 6.28. The highest BCUT2D eigenvalue weighted by Crippen LogP contribution is 2.37. The second kappa shape index (κ2) is 4.86. The summed E-state index contributed by atoms with van der Waals surface area (Å²) < 4.78 is 0. The van der Waals surface area contributed by atoms with Crippen LogP contribution in [-0.4, -0.2) is 5.54 Å². The van der Waals surface area contributed by atoms with Gasteiger partial charge in [-0.25, -0.2) is 0 Å². The first-order valence-electron chi connectivity index (χ1n) is 5.56. The molecule has 1 aliphatic carbocycles. The summed E-state index contributed by atoms with van der Waals surface area (Å²) >= 11 is 0. The van der Waals surface area contributed by atoms with Crippen LogP contribution in [0.3, 0.4) is 0 Å². The molecule has 0 aliphatic heterocycles. The predicted molar refractivity (Wildman–Crippen MR) is 54.1 cm³/mol. The van der Waals surface area contributed by atoms with E-state index >= 15 is 0 Å². The Bertz CT molecular complexity index is 116. The van der Waals surface area contributed by atoms with Gasteiger partial charge < -0.3 is 5.73 Å². The van der Waals surface area contributed by atoms with Crippen LogP contribution < -0.4 is 5.73 Å². The summed E-state index contributed by atoms with van der Waals surface area (Å²) in [7, 11) is 0. The summed E-state index contributed by atoms with van der Waals surface area (Å²) in [4.78, 5) is 0. The van der Waals surface area contributed by atoms with E-state index in [2.05, 4.69) is 6.92 Å². The summed E-state index contributed by atoms with van der Waals surface area (Å²) in [5, 5.41) is 0. The van der Waals surface area contributed by atoms with Crippen molar-refractivity contribution in [3.63, 3.8) is 0 Å². The van der Waals surface area contributed by atoms with Gasteiger partial charge in [-0.1, -0.05) is 45.4 Å². The molecular weight excluding hydrogens is 146 g/mol. The highest BCUT2D eigenvalue weighted by Gasteiger charge is 2.36. The van der Waals surface area contributed by atoms with Crippen LogP contribution in [-0.2, 0) is 0 Å². The first kappa shape index (κ1) is 10.0. The molecule has 0 spiro atoms. The minimum atomic E-state index is 0.296. The minimum Gasteiger partial charge on any atom is -0.325 e. The van der Waals surface area contributed by atoms with E-state index in [0.717, 1.165) is 0 Å². The molecule has 0 atom stereocenters. The Morgan fingerprint density at radius 2 is 1.58 bits per heavy atom. The number of rotatable bonds is 7. The van der Waals surface area contributed by atoms with Crippen molar-refractivity contribution in [1.29, 1.82) is 0 Å². The van der Waals surface area contributed by atoms with E-state index < -0.39 is 0 Å². The highest BCUT2D eigenvalue weighted by molar-refractivity contribution is 4.97. The van der Waals surface area contributed by atoms with Crippen LogP contribution in [0, 0.1) is 0 Å². The third kappa shape index (κ3) is 4.10. The zero-order valence-electron chi connectivity index (χ0n) is 8.44. The second-order valence-corrected chi connectivity index (χ2v) is 4.38. The Kier molecular flexibility index (Phi) is 4.07. The third-order valence-corrected chi connectivity index (χ3v) is 2.92. The number of hydrogen-bond acceptors (Lipinski definition) is 1. The molecule has 1 heteroatoms. The Morgan fingerprint density at radius 3 is 2.17 bits per heavy atom. The van der Waals surface area contributed by atoms with Gasteiger partial charge in [-0.15, -0.1) is 0 Å². The average Bonchev–Trinajstić information content (AvgIpc) is 2.77. The smallest absolute Gasteiger partial charge is 0.0155 e. The van der Waals surface area contributed by atoms with Crippen LogP contribution in [0.4, 0.5) is 0 Å². The van der Waals surface area contributed by atoms with Crippen molar-refractivity contribution in [2.75, 3.05) is 0 Å². The lowest BCUT2D eigenvalue weighted by Crippen LogP contribution is -2.20. The van der Waals surface area contributed by atoms with Crippen molar-refractivity contribution >= 4 is 0 Å². The predicted octanol–water partition coefficient (Wildman–Crippen LogP) is 3.23. The van der Waals surface area contributed by atoms with Crippen molar-refractivity contribution in [2.45, 2.75) is 70.3 Å². The average molecular weight is 169 g/mol. The lowest BCUT2D eigenvalue weighted by Gasteiger charge is -2.06. The maximum atomic E-state index is 5.99. The molecule has 0 aromatic rings. The van der Waals surface area contributed by atoms with Gasteiger partial charge in [0.2, 0.25) is 0 Å². The molecule has 0 aromatic heterocycles. The molecule has 0 bridgehead atoms. The largest absolute Gasteiger partial charge is 0.325 e. The van der Waals surface area contributed by atoms with Crippen LogP contribution in [0.1, 0.15) is 64.7 Å². The van der Waals surface area contributed by atoms with Crippen molar-refractivity contribution in [2.24, 2.45) is 5.73 Å². The van der Waals surface area contributed by atoms with Gasteiger partial charge in [0.25, 0.3) is 0 Å². The van der Waals surface area contributed by atoms with Gasteiger partial charge in [0.1, 0.15) is 0 Å². The minimum absolute atomic E-state index is 0.296. The van der Waals surface area contributed by atoms with Crippen molar-refractivity contribution in [3.05, 3.63) is 0 Å². The molecule has 1 saturated carbocycles. The number of hydrogen-bond donors (Lipinski definition) is 1. The van der Waals surface area contributed by atoms with Gasteiger partial charge in [-0.3, -0.25) is 0 Å². The summed E-state index contributed by atoms with van der Waals surface area (Å²) in [6.07, 6.45) is 12.2. The molecule has 0 saturated heterocycles. The molecule has 72 valence electrons. The standard InChI is InChI=1S/C11H23N/c1-2-3-4-5-6-7-8-11(12)9-10-11/h2-10,12H2,1H3. The molecule has 0 unspecified atom stereocenters. The molecule has 0 amide bonds. The van der Waals surface area contributed by atoms with Crippen LogP contribution in [0.2, 0.25) is 0 Å². The van der Waals surface area contributed by atoms with E-state index in [-0.39, 0.29) is 0 Å². The second-order valence-electron chi connectivity index (χ2n) is 4.38. The number of unbranched alkanes of at least 4 members (excludes halogenated alkanes) is 5. The fourth-order valence-corrected chi connectivity index (χ4v) is 1.67. The molecule has 1 nitrogen and oxygen atoms in total. The monoisotopic (exact) mass is 169 g/mol. The van der Waals surface area contributed by atoms with E-state index in [1.807, 2.05) is 0 Å². The van der Waals surface area contributed by atoms with Gasteiger partial charge in [0.05, 0.1) is 0 Å². The first-order valence-corrected chi connectivity index (χ1v) is 5.56. The Morgan fingerprint density at radius 1 is 1.00 bits per heavy atom. The van der Waals surface area contributed by atoms with E-state index in [4.69, 9.17) is 5.73 Å². The Balaban J connectivity index is 1.77. The van der Waals surface area contributed by atoms with Gasteiger partial charge in [0, 0.05) is 5.54 Å². The van der Waals surface area contributed by atoms with E-state index in [0.29, 0.717) is 5.54 Å². The van der Waals surface area contributed by atoms with E-state index in [9.17, 15) is 0 Å². The van der Waals surface area contributed by atoms with Crippen LogP contribution >= 0.6 is 0 Å². The molecule has 0 radical (unpaired) electrons. The summed E-state index contributed by atoms with van der Waals surface area (Å²) in [6, 6.07) is 0. The number of nitrogens with two attached hydrogens (primary N) is 1. The fraction of sp³-hybridized carbons (Fsp3) is 1.00. The van der Waals surface area contributed by atoms with Crippen LogP contribution in [0.15, 0.2) is 0 Å². The zero-order valence-corrected chi connectivity index (χ0v) is 8.44. The van der Waals surface area contributed by atoms with Gasteiger partial charge in [0.15, 0.2) is 0 Å². The van der Waals surface area contributed by atoms with Crippen LogP contribution in [0.25, 0.3) is 0 Å². The zero-order chi connectivity index (χ0) is 8.86. The topological polar surface area (TPSA) is 26.0 Å². The molecular formula is C11H23N.